The number of hydrogen-bond acceptors (Lipinski definition) is 6. The highest BCUT2D eigenvalue weighted by Crippen LogP contribution is 2.15. The molecule has 1 amide bonds. The van der Waals surface area contributed by atoms with Crippen LogP contribution in [0.15, 0.2) is 23.0 Å². The van der Waals surface area contributed by atoms with Gasteiger partial charge in [0.1, 0.15) is 0 Å². The van der Waals surface area contributed by atoms with Gasteiger partial charge < -0.3 is 16.2 Å². The molecule has 2 aromatic rings. The molecule has 2 aromatic heterocycles. The lowest BCUT2D eigenvalue weighted by molar-refractivity contribution is 0.0911. The zero-order valence-corrected chi connectivity index (χ0v) is 11.0. The minimum absolute atomic E-state index is 0.138. The van der Waals surface area contributed by atoms with Gasteiger partial charge in [0.15, 0.2) is 5.69 Å². The van der Waals surface area contributed by atoms with Crippen molar-refractivity contribution in [2.75, 3.05) is 13.1 Å². The highest BCUT2D eigenvalue weighted by molar-refractivity contribution is 7.07. The monoisotopic (exact) mass is 281 g/mol. The van der Waals surface area contributed by atoms with Crippen LogP contribution in [0.4, 0.5) is 0 Å². The third kappa shape index (κ3) is 3.60. The molecular formula is C11H15N5O2S. The molecule has 1 atom stereocenters. The molecule has 0 radical (unpaired) electrons. The van der Waals surface area contributed by atoms with Gasteiger partial charge in [-0.25, -0.2) is 0 Å². The fourth-order valence-electron chi connectivity index (χ4n) is 1.51. The van der Waals surface area contributed by atoms with Gasteiger partial charge in [-0.2, -0.15) is 11.3 Å². The summed E-state index contributed by atoms with van der Waals surface area (Å²) in [6.07, 6.45) is 0.813. The molecule has 102 valence electrons. The summed E-state index contributed by atoms with van der Waals surface area (Å²) in [6.45, 7) is 1.08. The Morgan fingerprint density at radius 2 is 2.47 bits per heavy atom. The van der Waals surface area contributed by atoms with Crippen LogP contribution in [0.3, 0.4) is 0 Å². The molecule has 0 spiro atoms. The number of nitrogens with zero attached hydrogens (tertiary/aromatic N) is 3. The second-order valence-electron chi connectivity index (χ2n) is 3.94. The van der Waals surface area contributed by atoms with Crippen LogP contribution < -0.4 is 11.1 Å². The van der Waals surface area contributed by atoms with Gasteiger partial charge in [0.2, 0.25) is 0 Å². The number of nitrogens with two attached hydrogens (primary N) is 1. The number of aromatic nitrogens is 3. The fourth-order valence-corrected chi connectivity index (χ4v) is 2.21. The first-order valence-corrected chi connectivity index (χ1v) is 6.73. The Bertz CT molecular complexity index is 525. The number of thiophene rings is 1. The van der Waals surface area contributed by atoms with E-state index in [0.29, 0.717) is 13.1 Å². The SMILES string of the molecule is NCCn1cc(C(=O)NCC(O)c2ccsc2)nn1. The van der Waals surface area contributed by atoms with E-state index in [0.717, 1.165) is 5.56 Å². The highest BCUT2D eigenvalue weighted by Gasteiger charge is 2.13. The molecule has 0 fully saturated rings. The summed E-state index contributed by atoms with van der Waals surface area (Å²) in [7, 11) is 0. The second-order valence-corrected chi connectivity index (χ2v) is 4.72. The zero-order valence-electron chi connectivity index (χ0n) is 10.2. The molecule has 19 heavy (non-hydrogen) atoms. The van der Waals surface area contributed by atoms with Crippen molar-refractivity contribution < 1.29 is 9.90 Å². The van der Waals surface area contributed by atoms with Gasteiger partial charge in [0.05, 0.1) is 18.8 Å². The lowest BCUT2D eigenvalue weighted by atomic mass is 10.2. The Morgan fingerprint density at radius 3 is 3.16 bits per heavy atom. The van der Waals surface area contributed by atoms with E-state index < -0.39 is 6.10 Å². The van der Waals surface area contributed by atoms with E-state index in [9.17, 15) is 9.90 Å². The first-order chi connectivity index (χ1) is 9.20. The topological polar surface area (TPSA) is 106 Å². The third-order valence-corrected chi connectivity index (χ3v) is 3.21. The van der Waals surface area contributed by atoms with Gasteiger partial charge in [-0.1, -0.05) is 5.21 Å². The van der Waals surface area contributed by atoms with Gasteiger partial charge in [-0.15, -0.1) is 5.10 Å². The molecule has 0 bridgehead atoms. The lowest BCUT2D eigenvalue weighted by Gasteiger charge is -2.09. The molecular weight excluding hydrogens is 266 g/mol. The number of rotatable bonds is 6. The predicted molar refractivity (Wildman–Crippen MR) is 70.7 cm³/mol. The zero-order chi connectivity index (χ0) is 13.7. The maximum Gasteiger partial charge on any atom is 0.273 e. The quantitative estimate of drug-likeness (QED) is 0.677. The molecule has 0 aliphatic carbocycles. The van der Waals surface area contributed by atoms with Crippen molar-refractivity contribution in [1.82, 2.24) is 20.3 Å². The van der Waals surface area contributed by atoms with Crippen molar-refractivity contribution in [2.45, 2.75) is 12.6 Å². The molecule has 0 aromatic carbocycles. The molecule has 1 unspecified atom stereocenters. The summed E-state index contributed by atoms with van der Waals surface area (Å²) < 4.78 is 1.50. The van der Waals surface area contributed by atoms with Crippen molar-refractivity contribution in [3.05, 3.63) is 34.3 Å². The molecule has 2 rings (SSSR count). The smallest absolute Gasteiger partial charge is 0.273 e. The summed E-state index contributed by atoms with van der Waals surface area (Å²) in [4.78, 5) is 11.8. The molecule has 0 aliphatic heterocycles. The van der Waals surface area contributed by atoms with Crippen LogP contribution in [0.5, 0.6) is 0 Å². The average Bonchev–Trinajstić information content (AvgIpc) is 3.06. The van der Waals surface area contributed by atoms with Crippen LogP contribution in [0.2, 0.25) is 0 Å². The van der Waals surface area contributed by atoms with Gasteiger partial charge >= 0.3 is 0 Å². The van der Waals surface area contributed by atoms with Gasteiger partial charge in [-0.3, -0.25) is 9.48 Å². The van der Waals surface area contributed by atoms with Crippen molar-refractivity contribution >= 4 is 17.2 Å². The predicted octanol–water partition coefficient (Wildman–Crippen LogP) is -0.238. The third-order valence-electron chi connectivity index (χ3n) is 2.51. The van der Waals surface area contributed by atoms with Crippen LogP contribution in [-0.2, 0) is 6.54 Å². The maximum atomic E-state index is 11.8. The summed E-state index contributed by atoms with van der Waals surface area (Å²) in [5.41, 5.74) is 6.38. The van der Waals surface area contributed by atoms with Gasteiger partial charge in [0, 0.05) is 13.1 Å². The Morgan fingerprint density at radius 1 is 1.63 bits per heavy atom. The van der Waals surface area contributed by atoms with E-state index >= 15 is 0 Å². The van der Waals surface area contributed by atoms with Crippen molar-refractivity contribution in [3.8, 4) is 0 Å². The van der Waals surface area contributed by atoms with E-state index in [2.05, 4.69) is 15.6 Å². The molecule has 0 saturated heterocycles. The van der Waals surface area contributed by atoms with Crippen LogP contribution in [0.25, 0.3) is 0 Å². The molecule has 0 aliphatic rings. The maximum absolute atomic E-state index is 11.8. The molecule has 0 saturated carbocycles. The minimum Gasteiger partial charge on any atom is -0.387 e. The van der Waals surface area contributed by atoms with E-state index in [1.165, 1.54) is 22.2 Å². The van der Waals surface area contributed by atoms with Crippen molar-refractivity contribution in [2.24, 2.45) is 5.73 Å². The Labute approximate surface area is 114 Å². The summed E-state index contributed by atoms with van der Waals surface area (Å²) in [5, 5.41) is 23.7. The molecule has 4 N–H and O–H groups in total. The van der Waals surface area contributed by atoms with E-state index in [1.807, 2.05) is 16.8 Å². The second kappa shape index (κ2) is 6.41. The number of carbonyl (C=O) groups is 1. The van der Waals surface area contributed by atoms with Crippen LogP contribution in [0, 0.1) is 0 Å². The fraction of sp³-hybridized carbons (Fsp3) is 0.364. The number of carbonyl (C=O) groups excluding carboxylic acids is 1. The summed E-state index contributed by atoms with van der Waals surface area (Å²) >= 11 is 1.50. The lowest BCUT2D eigenvalue weighted by Crippen LogP contribution is -2.28. The Balaban J connectivity index is 1.86. The molecule has 2 heterocycles. The highest BCUT2D eigenvalue weighted by atomic mass is 32.1. The Kier molecular flexibility index (Phi) is 4.61. The summed E-state index contributed by atoms with van der Waals surface area (Å²) in [5.74, 6) is -0.363. The van der Waals surface area contributed by atoms with Crippen molar-refractivity contribution in [1.29, 1.82) is 0 Å². The van der Waals surface area contributed by atoms with E-state index in [4.69, 9.17) is 5.73 Å². The van der Waals surface area contributed by atoms with Crippen molar-refractivity contribution in [3.63, 3.8) is 0 Å². The molecule has 7 nitrogen and oxygen atoms in total. The van der Waals surface area contributed by atoms with E-state index in [1.54, 1.807) is 0 Å². The number of aliphatic hydroxyl groups excluding tert-OH is 1. The Hall–Kier alpha value is -1.77. The average molecular weight is 281 g/mol. The van der Waals surface area contributed by atoms with E-state index in [-0.39, 0.29) is 18.1 Å². The number of hydrogen-bond donors (Lipinski definition) is 3. The van der Waals surface area contributed by atoms with Crippen LogP contribution in [0.1, 0.15) is 22.2 Å². The minimum atomic E-state index is -0.714. The summed E-state index contributed by atoms with van der Waals surface area (Å²) in [6, 6.07) is 1.82. The number of aliphatic hydroxyl groups is 1. The standard InChI is InChI=1S/C11H15N5O2S/c12-2-3-16-6-9(14-15-16)11(18)13-5-10(17)8-1-4-19-7-8/h1,4,6-7,10,17H,2-3,5,12H2,(H,13,18). The largest absolute Gasteiger partial charge is 0.387 e. The van der Waals surface area contributed by atoms with Crippen LogP contribution >= 0.6 is 11.3 Å². The first-order valence-electron chi connectivity index (χ1n) is 5.79. The van der Waals surface area contributed by atoms with Crippen LogP contribution in [-0.4, -0.2) is 39.1 Å². The van der Waals surface area contributed by atoms with Gasteiger partial charge in [-0.05, 0) is 22.4 Å². The normalized spacial score (nSPS) is 12.3. The molecule has 8 heteroatoms. The van der Waals surface area contributed by atoms with Gasteiger partial charge in [0.25, 0.3) is 5.91 Å². The first kappa shape index (κ1) is 13.7. The number of amides is 1. The number of nitrogens with one attached hydrogen (secondary N) is 1.